The van der Waals surface area contributed by atoms with Crippen LogP contribution in [0.2, 0.25) is 0 Å². The molecule has 2 aromatic carbocycles. The summed E-state index contributed by atoms with van der Waals surface area (Å²) in [6, 6.07) is 12.4. The molecule has 92 valence electrons. The maximum absolute atomic E-state index is 4.70. The van der Waals surface area contributed by atoms with Crippen LogP contribution in [0, 0.1) is 0 Å². The molecule has 0 radical (unpaired) electrons. The molecular formula is C15H16N2S. The lowest BCUT2D eigenvalue weighted by Crippen LogP contribution is -2.21. The van der Waals surface area contributed by atoms with E-state index in [2.05, 4.69) is 53.2 Å². The zero-order valence-electron chi connectivity index (χ0n) is 10.7. The van der Waals surface area contributed by atoms with Gasteiger partial charge in [-0.1, -0.05) is 24.3 Å². The Morgan fingerprint density at radius 2 is 1.72 bits per heavy atom. The Morgan fingerprint density at radius 3 is 2.33 bits per heavy atom. The maximum atomic E-state index is 4.70. The third-order valence-corrected chi connectivity index (χ3v) is 3.24. The van der Waals surface area contributed by atoms with Crippen LogP contribution < -0.4 is 4.90 Å². The summed E-state index contributed by atoms with van der Waals surface area (Å²) in [5.41, 5.74) is 2.13. The number of hydrogen-bond acceptors (Lipinski definition) is 3. The first-order valence-corrected chi connectivity index (χ1v) is 6.57. The third-order valence-electron chi connectivity index (χ3n) is 3.15. The molecule has 18 heavy (non-hydrogen) atoms. The van der Waals surface area contributed by atoms with Crippen LogP contribution in [0.4, 0.5) is 11.4 Å². The average molecular weight is 256 g/mol. The predicted octanol–water partition coefficient (Wildman–Crippen LogP) is 4.42. The Hall–Kier alpha value is -1.70. The number of hydrogen-bond donors (Lipinski definition) is 0. The van der Waals surface area contributed by atoms with Crippen molar-refractivity contribution in [3.63, 3.8) is 0 Å². The van der Waals surface area contributed by atoms with Gasteiger partial charge >= 0.3 is 0 Å². The molecule has 0 saturated heterocycles. The van der Waals surface area contributed by atoms with Gasteiger partial charge in [-0.15, -0.1) is 0 Å². The lowest BCUT2D eigenvalue weighted by atomic mass is 10.1. The van der Waals surface area contributed by atoms with Crippen LogP contribution in [0.5, 0.6) is 0 Å². The predicted molar refractivity (Wildman–Crippen MR) is 82.2 cm³/mol. The highest BCUT2D eigenvalue weighted by Crippen LogP contribution is 2.33. The lowest BCUT2D eigenvalue weighted by Gasteiger charge is -2.23. The van der Waals surface area contributed by atoms with Gasteiger partial charge in [0.05, 0.1) is 10.8 Å². The highest BCUT2D eigenvalue weighted by Gasteiger charge is 2.08. The summed E-state index contributed by atoms with van der Waals surface area (Å²) in [5, 5.41) is 4.79. The molecule has 0 bridgehead atoms. The molecule has 2 aromatic rings. The van der Waals surface area contributed by atoms with E-state index in [1.807, 2.05) is 12.1 Å². The van der Waals surface area contributed by atoms with Gasteiger partial charge in [-0.2, -0.15) is 4.99 Å². The molecule has 0 aromatic heterocycles. The minimum atomic E-state index is 0.886. The molecule has 0 N–H and O–H groups in total. The highest BCUT2D eigenvalue weighted by molar-refractivity contribution is 7.78. The number of rotatable bonds is 4. The van der Waals surface area contributed by atoms with Crippen molar-refractivity contribution in [2.24, 2.45) is 4.99 Å². The van der Waals surface area contributed by atoms with E-state index in [-0.39, 0.29) is 0 Å². The summed E-state index contributed by atoms with van der Waals surface area (Å²) in [7, 11) is 0. The van der Waals surface area contributed by atoms with Crippen molar-refractivity contribution in [3.05, 3.63) is 36.4 Å². The minimum Gasteiger partial charge on any atom is -0.372 e. The van der Waals surface area contributed by atoms with Gasteiger partial charge in [0.25, 0.3) is 0 Å². The van der Waals surface area contributed by atoms with Crippen LogP contribution in [0.15, 0.2) is 41.4 Å². The number of nitrogens with zero attached hydrogens (tertiary/aromatic N) is 2. The first-order valence-electron chi connectivity index (χ1n) is 6.16. The van der Waals surface area contributed by atoms with Crippen molar-refractivity contribution < 1.29 is 0 Å². The molecule has 0 aliphatic rings. The summed E-state index contributed by atoms with van der Waals surface area (Å²) in [6.07, 6.45) is 0. The van der Waals surface area contributed by atoms with Gasteiger partial charge in [0.15, 0.2) is 0 Å². The Morgan fingerprint density at radius 1 is 1.06 bits per heavy atom. The summed E-state index contributed by atoms with van der Waals surface area (Å²) >= 11 is 4.70. The third kappa shape index (κ3) is 2.28. The minimum absolute atomic E-state index is 0.886. The van der Waals surface area contributed by atoms with Crippen LogP contribution in [0.1, 0.15) is 13.8 Å². The maximum Gasteiger partial charge on any atom is 0.0819 e. The number of thiocarbonyl (C=S) groups is 1. The fraction of sp³-hybridized carbons (Fsp3) is 0.267. The average Bonchev–Trinajstić information content (AvgIpc) is 2.42. The molecule has 0 aliphatic carbocycles. The highest BCUT2D eigenvalue weighted by atomic mass is 32.1. The fourth-order valence-electron chi connectivity index (χ4n) is 2.25. The molecule has 2 rings (SSSR count). The zero-order chi connectivity index (χ0) is 13.0. The number of anilines is 1. The van der Waals surface area contributed by atoms with Gasteiger partial charge in [-0.05, 0) is 38.2 Å². The standard InChI is InChI=1S/C15H16N2S/c1-3-17(4-2)15-10-9-14(16-11-18)12-7-5-6-8-13(12)15/h5-10H,3-4H2,1-2H3. The van der Waals surface area contributed by atoms with Crippen molar-refractivity contribution in [1.29, 1.82) is 0 Å². The molecule has 3 heteroatoms. The molecule has 0 saturated carbocycles. The van der Waals surface area contributed by atoms with Gasteiger partial charge in [-0.25, -0.2) is 0 Å². The summed E-state index contributed by atoms with van der Waals surface area (Å²) in [4.78, 5) is 6.47. The molecule has 0 unspecified atom stereocenters. The van der Waals surface area contributed by atoms with Crippen LogP contribution >= 0.6 is 12.2 Å². The number of fused-ring (bicyclic) bond motifs is 1. The van der Waals surface area contributed by atoms with E-state index in [9.17, 15) is 0 Å². The monoisotopic (exact) mass is 256 g/mol. The molecule has 0 atom stereocenters. The Bertz CT molecular complexity index is 596. The van der Waals surface area contributed by atoms with Crippen LogP contribution in [-0.4, -0.2) is 18.3 Å². The molecular weight excluding hydrogens is 240 g/mol. The quantitative estimate of drug-likeness (QED) is 0.594. The van der Waals surface area contributed by atoms with Gasteiger partial charge < -0.3 is 4.90 Å². The molecule has 0 heterocycles. The fourth-order valence-corrected chi connectivity index (χ4v) is 2.35. The summed E-state index contributed by atoms with van der Waals surface area (Å²) in [6.45, 7) is 6.33. The van der Waals surface area contributed by atoms with E-state index in [0.717, 1.165) is 24.2 Å². The summed E-state index contributed by atoms with van der Waals surface area (Å²) < 4.78 is 0. The number of benzene rings is 2. The van der Waals surface area contributed by atoms with Crippen molar-refractivity contribution in [1.82, 2.24) is 0 Å². The van der Waals surface area contributed by atoms with E-state index >= 15 is 0 Å². The van der Waals surface area contributed by atoms with Gasteiger partial charge in [-0.3, -0.25) is 0 Å². The largest absolute Gasteiger partial charge is 0.372 e. The summed E-state index contributed by atoms with van der Waals surface area (Å²) in [5.74, 6) is 0. The van der Waals surface area contributed by atoms with Crippen LogP contribution in [-0.2, 0) is 0 Å². The van der Waals surface area contributed by atoms with Crippen molar-refractivity contribution in [2.75, 3.05) is 18.0 Å². The molecule has 2 nitrogen and oxygen atoms in total. The lowest BCUT2D eigenvalue weighted by molar-refractivity contribution is 0.870. The van der Waals surface area contributed by atoms with E-state index in [0.29, 0.717) is 0 Å². The van der Waals surface area contributed by atoms with Gasteiger partial charge in [0.1, 0.15) is 0 Å². The zero-order valence-corrected chi connectivity index (χ0v) is 11.5. The molecule has 0 fully saturated rings. The number of aliphatic imine (C=N–C) groups is 1. The van der Waals surface area contributed by atoms with Crippen LogP contribution in [0.25, 0.3) is 10.8 Å². The molecule has 0 amide bonds. The van der Waals surface area contributed by atoms with E-state index < -0.39 is 0 Å². The second-order valence-corrected chi connectivity index (χ2v) is 4.21. The SMILES string of the molecule is CCN(CC)c1ccc(N=C=S)c2ccccc12. The van der Waals surface area contributed by atoms with Crippen molar-refractivity contribution in [3.8, 4) is 0 Å². The first kappa shape index (κ1) is 12.7. The van der Waals surface area contributed by atoms with Gasteiger partial charge in [0.2, 0.25) is 0 Å². The first-order chi connectivity index (χ1) is 8.81. The topological polar surface area (TPSA) is 15.6 Å². The Labute approximate surface area is 113 Å². The number of isothiocyanates is 1. The van der Waals surface area contributed by atoms with E-state index in [4.69, 9.17) is 12.2 Å². The van der Waals surface area contributed by atoms with Gasteiger partial charge in [0, 0.05) is 29.5 Å². The Kier molecular flexibility index (Phi) is 4.08. The van der Waals surface area contributed by atoms with E-state index in [1.54, 1.807) is 0 Å². The Balaban J connectivity index is 2.71. The van der Waals surface area contributed by atoms with Crippen LogP contribution in [0.3, 0.4) is 0 Å². The second-order valence-electron chi connectivity index (χ2n) is 4.02. The molecule has 0 spiro atoms. The van der Waals surface area contributed by atoms with E-state index in [1.165, 1.54) is 11.1 Å². The van der Waals surface area contributed by atoms with Crippen molar-refractivity contribution in [2.45, 2.75) is 13.8 Å². The normalized spacial score (nSPS) is 10.1. The van der Waals surface area contributed by atoms with Crippen molar-refractivity contribution >= 4 is 39.5 Å². The molecule has 0 aliphatic heterocycles. The smallest absolute Gasteiger partial charge is 0.0819 e. The second kappa shape index (κ2) is 5.76.